The number of piperidine rings is 1. The number of carbonyl (C=O) groups is 1. The molecule has 0 saturated carbocycles. The highest BCUT2D eigenvalue weighted by Gasteiger charge is 2.25. The second-order valence-corrected chi connectivity index (χ2v) is 6.90. The summed E-state index contributed by atoms with van der Waals surface area (Å²) in [5.41, 5.74) is 2.81. The van der Waals surface area contributed by atoms with Gasteiger partial charge in [-0.2, -0.15) is 15.0 Å². The molecule has 1 aromatic heterocycles. The fourth-order valence-corrected chi connectivity index (χ4v) is 3.56. The summed E-state index contributed by atoms with van der Waals surface area (Å²) in [7, 11) is 0. The van der Waals surface area contributed by atoms with Gasteiger partial charge in [-0.05, 0) is 48.2 Å². The number of amides is 1. The highest BCUT2D eigenvalue weighted by atomic mass is 35.5. The fraction of sp³-hybridized carbons (Fsp3) is 0.250. The number of halogens is 1. The zero-order valence-electron chi connectivity index (χ0n) is 14.3. The molecular weight excluding hydrogens is 348 g/mol. The number of likely N-dealkylation sites (tertiary alicyclic amines) is 1. The Morgan fingerprint density at radius 3 is 2.31 bits per heavy atom. The average Bonchev–Trinajstić information content (AvgIpc) is 3.23. The zero-order valence-corrected chi connectivity index (χ0v) is 15.0. The maximum atomic E-state index is 12.8. The molecule has 5 nitrogen and oxygen atoms in total. The van der Waals surface area contributed by atoms with Gasteiger partial charge in [0.2, 0.25) is 0 Å². The molecule has 0 radical (unpaired) electrons. The van der Waals surface area contributed by atoms with E-state index in [0.29, 0.717) is 10.6 Å². The van der Waals surface area contributed by atoms with Gasteiger partial charge < -0.3 is 4.90 Å². The molecule has 0 N–H and O–H groups in total. The zero-order chi connectivity index (χ0) is 17.9. The maximum absolute atomic E-state index is 12.8. The molecule has 0 unspecified atom stereocenters. The highest BCUT2D eigenvalue weighted by Crippen LogP contribution is 2.25. The third-order valence-corrected chi connectivity index (χ3v) is 5.04. The van der Waals surface area contributed by atoms with Crippen molar-refractivity contribution in [2.75, 3.05) is 13.1 Å². The summed E-state index contributed by atoms with van der Waals surface area (Å²) in [6.07, 6.45) is 5.14. The van der Waals surface area contributed by atoms with E-state index < -0.39 is 0 Å². The van der Waals surface area contributed by atoms with Gasteiger partial charge in [0.15, 0.2) is 0 Å². The first kappa shape index (κ1) is 16.8. The molecule has 0 spiro atoms. The van der Waals surface area contributed by atoms with Crippen molar-refractivity contribution in [2.24, 2.45) is 0 Å². The summed E-state index contributed by atoms with van der Waals surface area (Å²) in [6.45, 7) is 1.45. The van der Waals surface area contributed by atoms with E-state index in [0.717, 1.165) is 37.1 Å². The monoisotopic (exact) mass is 366 g/mol. The van der Waals surface area contributed by atoms with Crippen molar-refractivity contribution in [3.63, 3.8) is 0 Å². The van der Waals surface area contributed by atoms with E-state index in [1.54, 1.807) is 17.2 Å². The second kappa shape index (κ2) is 7.30. The third-order valence-electron chi connectivity index (χ3n) is 4.80. The summed E-state index contributed by atoms with van der Waals surface area (Å²) in [5, 5.41) is 9.12. The van der Waals surface area contributed by atoms with Crippen LogP contribution in [-0.2, 0) is 0 Å². The van der Waals surface area contributed by atoms with Crippen molar-refractivity contribution in [3.8, 4) is 11.1 Å². The van der Waals surface area contributed by atoms with E-state index in [4.69, 9.17) is 11.6 Å². The van der Waals surface area contributed by atoms with Crippen LogP contribution in [0.15, 0.2) is 60.9 Å². The maximum Gasteiger partial charge on any atom is 0.253 e. The Hall–Kier alpha value is -2.66. The lowest BCUT2D eigenvalue weighted by Crippen LogP contribution is -2.39. The van der Waals surface area contributed by atoms with Crippen LogP contribution in [0.25, 0.3) is 11.1 Å². The van der Waals surface area contributed by atoms with E-state index in [-0.39, 0.29) is 11.9 Å². The summed E-state index contributed by atoms with van der Waals surface area (Å²) in [6, 6.07) is 15.7. The quantitative estimate of drug-likeness (QED) is 0.702. The van der Waals surface area contributed by atoms with Crippen LogP contribution in [0.1, 0.15) is 29.2 Å². The molecule has 0 atom stereocenters. The minimum Gasteiger partial charge on any atom is -0.338 e. The molecule has 1 amide bonds. The lowest BCUT2D eigenvalue weighted by molar-refractivity contribution is 0.0684. The molecule has 2 aromatic carbocycles. The molecule has 1 saturated heterocycles. The molecule has 0 bridgehead atoms. The molecule has 0 aliphatic carbocycles. The Morgan fingerprint density at radius 2 is 1.65 bits per heavy atom. The van der Waals surface area contributed by atoms with Crippen molar-refractivity contribution in [1.82, 2.24) is 19.9 Å². The van der Waals surface area contributed by atoms with Crippen LogP contribution in [0.5, 0.6) is 0 Å². The lowest BCUT2D eigenvalue weighted by Gasteiger charge is -2.31. The number of benzene rings is 2. The molecule has 26 heavy (non-hydrogen) atoms. The van der Waals surface area contributed by atoms with Crippen molar-refractivity contribution in [1.29, 1.82) is 0 Å². The van der Waals surface area contributed by atoms with Crippen LogP contribution in [-0.4, -0.2) is 38.9 Å². The molecule has 132 valence electrons. The number of aromatic nitrogens is 3. The van der Waals surface area contributed by atoms with Crippen molar-refractivity contribution in [3.05, 3.63) is 71.5 Å². The molecule has 6 heteroatoms. The van der Waals surface area contributed by atoms with Crippen LogP contribution in [0.2, 0.25) is 5.02 Å². The Balaban J connectivity index is 1.42. The van der Waals surface area contributed by atoms with Gasteiger partial charge in [-0.25, -0.2) is 0 Å². The van der Waals surface area contributed by atoms with E-state index in [1.807, 2.05) is 53.4 Å². The van der Waals surface area contributed by atoms with Gasteiger partial charge >= 0.3 is 0 Å². The van der Waals surface area contributed by atoms with Gasteiger partial charge in [0, 0.05) is 23.7 Å². The Morgan fingerprint density at radius 1 is 0.962 bits per heavy atom. The SMILES string of the molecule is O=C(c1ccc(-c2cccc(Cl)c2)cc1)N1CCC(n2nccn2)CC1. The van der Waals surface area contributed by atoms with Crippen LogP contribution in [0.4, 0.5) is 0 Å². The summed E-state index contributed by atoms with van der Waals surface area (Å²) < 4.78 is 0. The summed E-state index contributed by atoms with van der Waals surface area (Å²) >= 11 is 6.06. The van der Waals surface area contributed by atoms with E-state index in [2.05, 4.69) is 10.2 Å². The molecule has 1 aliphatic rings. The normalized spacial score (nSPS) is 15.2. The number of rotatable bonds is 3. The molecule has 2 heterocycles. The van der Waals surface area contributed by atoms with Crippen LogP contribution in [0, 0.1) is 0 Å². The van der Waals surface area contributed by atoms with Gasteiger partial charge in [-0.1, -0.05) is 35.9 Å². The van der Waals surface area contributed by atoms with Crippen LogP contribution >= 0.6 is 11.6 Å². The number of nitrogens with zero attached hydrogens (tertiary/aromatic N) is 4. The number of hydrogen-bond acceptors (Lipinski definition) is 3. The van der Waals surface area contributed by atoms with Gasteiger partial charge in [0.05, 0.1) is 18.4 Å². The fourth-order valence-electron chi connectivity index (χ4n) is 3.37. The third kappa shape index (κ3) is 3.48. The van der Waals surface area contributed by atoms with Crippen molar-refractivity contribution in [2.45, 2.75) is 18.9 Å². The Kier molecular flexibility index (Phi) is 4.71. The minimum atomic E-state index is 0.0783. The minimum absolute atomic E-state index is 0.0783. The van der Waals surface area contributed by atoms with E-state index in [9.17, 15) is 4.79 Å². The summed E-state index contributed by atoms with van der Waals surface area (Å²) in [4.78, 5) is 16.4. The summed E-state index contributed by atoms with van der Waals surface area (Å²) in [5.74, 6) is 0.0783. The Bertz CT molecular complexity index is 884. The Labute approximate surface area is 157 Å². The van der Waals surface area contributed by atoms with Gasteiger partial charge in [-0.3, -0.25) is 4.79 Å². The van der Waals surface area contributed by atoms with Crippen LogP contribution < -0.4 is 0 Å². The smallest absolute Gasteiger partial charge is 0.253 e. The highest BCUT2D eigenvalue weighted by molar-refractivity contribution is 6.30. The molecule has 1 fully saturated rings. The van der Waals surface area contributed by atoms with E-state index >= 15 is 0 Å². The van der Waals surface area contributed by atoms with E-state index in [1.165, 1.54) is 0 Å². The predicted molar refractivity (Wildman–Crippen MR) is 101 cm³/mol. The molecular formula is C20H19ClN4O. The number of carbonyl (C=O) groups excluding carboxylic acids is 1. The second-order valence-electron chi connectivity index (χ2n) is 6.46. The largest absolute Gasteiger partial charge is 0.338 e. The van der Waals surface area contributed by atoms with Crippen molar-refractivity contribution < 1.29 is 4.79 Å². The first-order chi connectivity index (χ1) is 12.7. The van der Waals surface area contributed by atoms with Gasteiger partial charge in [0.1, 0.15) is 0 Å². The molecule has 3 aromatic rings. The number of hydrogen-bond donors (Lipinski definition) is 0. The average molecular weight is 367 g/mol. The van der Waals surface area contributed by atoms with Gasteiger partial charge in [-0.15, -0.1) is 0 Å². The van der Waals surface area contributed by atoms with Crippen molar-refractivity contribution >= 4 is 17.5 Å². The molecule has 4 rings (SSSR count). The first-order valence-electron chi connectivity index (χ1n) is 8.72. The molecule has 1 aliphatic heterocycles. The first-order valence-corrected chi connectivity index (χ1v) is 9.09. The van der Waals surface area contributed by atoms with Crippen LogP contribution in [0.3, 0.4) is 0 Å². The standard InChI is InChI=1S/C20H19ClN4O/c21-18-3-1-2-17(14-18)15-4-6-16(7-5-15)20(26)24-12-8-19(9-13-24)25-22-10-11-23-25/h1-7,10-11,14,19H,8-9,12-13H2. The lowest BCUT2D eigenvalue weighted by atomic mass is 10.0. The topological polar surface area (TPSA) is 51.0 Å². The predicted octanol–water partition coefficient (Wildman–Crippen LogP) is 4.08. The van der Waals surface area contributed by atoms with Gasteiger partial charge in [0.25, 0.3) is 5.91 Å².